The van der Waals surface area contributed by atoms with Gasteiger partial charge in [-0.25, -0.2) is 0 Å². The molecule has 5 nitrogen and oxygen atoms in total. The molecule has 5 heteroatoms. The van der Waals surface area contributed by atoms with E-state index < -0.39 is 5.54 Å². The highest BCUT2D eigenvalue weighted by Crippen LogP contribution is 2.32. The van der Waals surface area contributed by atoms with Gasteiger partial charge in [0.25, 0.3) is 0 Å². The van der Waals surface area contributed by atoms with Crippen molar-refractivity contribution < 1.29 is 9.53 Å². The van der Waals surface area contributed by atoms with Gasteiger partial charge in [0.15, 0.2) is 0 Å². The lowest BCUT2D eigenvalue weighted by molar-refractivity contribution is -0.123. The van der Waals surface area contributed by atoms with E-state index in [0.29, 0.717) is 13.2 Å². The van der Waals surface area contributed by atoms with Gasteiger partial charge in [-0.1, -0.05) is 26.0 Å². The molecule has 0 saturated heterocycles. The summed E-state index contributed by atoms with van der Waals surface area (Å²) in [4.78, 5) is 14.1. The zero-order chi connectivity index (χ0) is 16.0. The Labute approximate surface area is 132 Å². The second kappa shape index (κ2) is 7.61. The number of ether oxygens (including phenoxy) is 1. The Morgan fingerprint density at radius 3 is 2.45 bits per heavy atom. The third kappa shape index (κ3) is 4.71. The largest absolute Gasteiger partial charge is 0.492 e. The minimum atomic E-state index is -0.604. The molecule has 122 valence electrons. The standard InChI is InChI=1S/C17H27N3O2/c1-3-20(4-2)11-12-22-15-7-5-14(6-8-15)13-19-16(21)17(18)9-10-17/h5-8H,3-4,9-13,18H2,1-2H3,(H,19,21). The summed E-state index contributed by atoms with van der Waals surface area (Å²) in [5, 5.41) is 2.88. The normalized spacial score (nSPS) is 15.6. The number of benzene rings is 1. The molecule has 3 N–H and O–H groups in total. The molecule has 0 aliphatic heterocycles. The molecular formula is C17H27N3O2. The number of likely N-dealkylation sites (N-methyl/N-ethyl adjacent to an activating group) is 1. The fourth-order valence-corrected chi connectivity index (χ4v) is 2.26. The number of carbonyl (C=O) groups excluding carboxylic acids is 1. The summed E-state index contributed by atoms with van der Waals surface area (Å²) in [6.45, 7) is 8.52. The van der Waals surface area contributed by atoms with Crippen molar-refractivity contribution in [2.45, 2.75) is 38.8 Å². The molecule has 1 aromatic carbocycles. The van der Waals surface area contributed by atoms with Gasteiger partial charge >= 0.3 is 0 Å². The number of nitrogens with zero attached hydrogens (tertiary/aromatic N) is 1. The van der Waals surface area contributed by atoms with Crippen molar-refractivity contribution in [1.82, 2.24) is 10.2 Å². The molecule has 1 saturated carbocycles. The fraction of sp³-hybridized carbons (Fsp3) is 0.588. The Morgan fingerprint density at radius 1 is 1.27 bits per heavy atom. The summed E-state index contributed by atoms with van der Waals surface area (Å²) >= 11 is 0. The average Bonchev–Trinajstić information content (AvgIpc) is 3.29. The molecule has 0 spiro atoms. The van der Waals surface area contributed by atoms with E-state index in [0.717, 1.165) is 43.8 Å². The quantitative estimate of drug-likeness (QED) is 0.726. The van der Waals surface area contributed by atoms with Crippen LogP contribution in [0.15, 0.2) is 24.3 Å². The number of hydrogen-bond donors (Lipinski definition) is 2. The average molecular weight is 305 g/mol. The van der Waals surface area contributed by atoms with E-state index in [4.69, 9.17) is 10.5 Å². The first-order valence-corrected chi connectivity index (χ1v) is 8.08. The van der Waals surface area contributed by atoms with E-state index in [1.807, 2.05) is 24.3 Å². The van der Waals surface area contributed by atoms with Crippen LogP contribution in [-0.4, -0.2) is 42.6 Å². The highest BCUT2D eigenvalue weighted by molar-refractivity contribution is 5.88. The van der Waals surface area contributed by atoms with E-state index in [9.17, 15) is 4.79 Å². The zero-order valence-corrected chi connectivity index (χ0v) is 13.6. The first kappa shape index (κ1) is 16.8. The lowest BCUT2D eigenvalue weighted by Gasteiger charge is -2.18. The third-order valence-electron chi connectivity index (χ3n) is 4.19. The van der Waals surface area contributed by atoms with Crippen molar-refractivity contribution in [3.63, 3.8) is 0 Å². The van der Waals surface area contributed by atoms with Crippen LogP contribution in [0, 0.1) is 0 Å². The van der Waals surface area contributed by atoms with Crippen LogP contribution in [0.4, 0.5) is 0 Å². The molecule has 1 aromatic rings. The van der Waals surface area contributed by atoms with E-state index in [-0.39, 0.29) is 5.91 Å². The number of hydrogen-bond acceptors (Lipinski definition) is 4. The molecule has 1 aliphatic carbocycles. The highest BCUT2D eigenvalue weighted by Gasteiger charge is 2.45. The van der Waals surface area contributed by atoms with Gasteiger partial charge in [-0.2, -0.15) is 0 Å². The van der Waals surface area contributed by atoms with Crippen LogP contribution in [0.1, 0.15) is 32.3 Å². The maximum absolute atomic E-state index is 11.8. The van der Waals surface area contributed by atoms with E-state index in [2.05, 4.69) is 24.1 Å². The molecule has 0 atom stereocenters. The van der Waals surface area contributed by atoms with Gasteiger partial charge < -0.3 is 20.7 Å². The van der Waals surface area contributed by atoms with Gasteiger partial charge in [-0.05, 0) is 43.6 Å². The molecule has 22 heavy (non-hydrogen) atoms. The Morgan fingerprint density at radius 2 is 1.91 bits per heavy atom. The number of rotatable bonds is 9. The Hall–Kier alpha value is -1.59. The van der Waals surface area contributed by atoms with Crippen molar-refractivity contribution >= 4 is 5.91 Å². The molecule has 1 amide bonds. The van der Waals surface area contributed by atoms with Crippen molar-refractivity contribution in [1.29, 1.82) is 0 Å². The SMILES string of the molecule is CCN(CC)CCOc1ccc(CNC(=O)C2(N)CC2)cc1. The number of carbonyl (C=O) groups is 1. The van der Waals surface area contributed by atoms with Gasteiger partial charge in [-0.15, -0.1) is 0 Å². The topological polar surface area (TPSA) is 67.6 Å². The lowest BCUT2D eigenvalue weighted by Crippen LogP contribution is -2.42. The summed E-state index contributed by atoms with van der Waals surface area (Å²) in [6, 6.07) is 7.84. The smallest absolute Gasteiger partial charge is 0.240 e. The Bertz CT molecular complexity index is 479. The molecule has 0 heterocycles. The molecule has 0 unspecified atom stereocenters. The monoisotopic (exact) mass is 305 g/mol. The van der Waals surface area contributed by atoms with Crippen molar-refractivity contribution in [3.8, 4) is 5.75 Å². The number of nitrogens with one attached hydrogen (secondary N) is 1. The molecule has 0 radical (unpaired) electrons. The summed E-state index contributed by atoms with van der Waals surface area (Å²) in [7, 11) is 0. The van der Waals surface area contributed by atoms with Gasteiger partial charge in [0.2, 0.25) is 5.91 Å². The van der Waals surface area contributed by atoms with Crippen LogP contribution in [-0.2, 0) is 11.3 Å². The summed E-state index contributed by atoms with van der Waals surface area (Å²) in [6.07, 6.45) is 1.58. The van der Waals surface area contributed by atoms with Gasteiger partial charge in [0.1, 0.15) is 12.4 Å². The molecule has 0 aromatic heterocycles. The second-order valence-electron chi connectivity index (χ2n) is 5.86. The summed E-state index contributed by atoms with van der Waals surface area (Å²) in [5.74, 6) is 0.812. The van der Waals surface area contributed by atoms with Crippen molar-refractivity contribution in [3.05, 3.63) is 29.8 Å². The summed E-state index contributed by atoms with van der Waals surface area (Å²) in [5.41, 5.74) is 6.29. The predicted octanol–water partition coefficient (Wildman–Crippen LogP) is 1.51. The minimum Gasteiger partial charge on any atom is -0.492 e. The predicted molar refractivity (Wildman–Crippen MR) is 87.7 cm³/mol. The van der Waals surface area contributed by atoms with E-state index in [1.54, 1.807) is 0 Å². The second-order valence-corrected chi connectivity index (χ2v) is 5.86. The molecule has 1 fully saturated rings. The van der Waals surface area contributed by atoms with Crippen LogP contribution >= 0.6 is 0 Å². The molecular weight excluding hydrogens is 278 g/mol. The fourth-order valence-electron chi connectivity index (χ4n) is 2.26. The first-order valence-electron chi connectivity index (χ1n) is 8.08. The van der Waals surface area contributed by atoms with Crippen molar-refractivity contribution in [2.24, 2.45) is 5.73 Å². The number of amides is 1. The molecule has 0 bridgehead atoms. The minimum absolute atomic E-state index is 0.0490. The Kier molecular flexibility index (Phi) is 5.80. The summed E-state index contributed by atoms with van der Waals surface area (Å²) < 4.78 is 5.74. The van der Waals surface area contributed by atoms with Gasteiger partial charge in [0, 0.05) is 13.1 Å². The molecule has 1 aliphatic rings. The van der Waals surface area contributed by atoms with E-state index in [1.165, 1.54) is 0 Å². The van der Waals surface area contributed by atoms with Crippen molar-refractivity contribution in [2.75, 3.05) is 26.2 Å². The maximum atomic E-state index is 11.8. The zero-order valence-electron chi connectivity index (χ0n) is 13.6. The maximum Gasteiger partial charge on any atom is 0.240 e. The van der Waals surface area contributed by atoms with Crippen LogP contribution < -0.4 is 15.8 Å². The van der Waals surface area contributed by atoms with Crippen LogP contribution in [0.3, 0.4) is 0 Å². The van der Waals surface area contributed by atoms with Crippen LogP contribution in [0.25, 0.3) is 0 Å². The van der Waals surface area contributed by atoms with Gasteiger partial charge in [0.05, 0.1) is 5.54 Å². The highest BCUT2D eigenvalue weighted by atomic mass is 16.5. The van der Waals surface area contributed by atoms with Crippen LogP contribution in [0.5, 0.6) is 5.75 Å². The van der Waals surface area contributed by atoms with Gasteiger partial charge in [-0.3, -0.25) is 4.79 Å². The van der Waals surface area contributed by atoms with Crippen LogP contribution in [0.2, 0.25) is 0 Å². The lowest BCUT2D eigenvalue weighted by atomic mass is 10.2. The van der Waals surface area contributed by atoms with E-state index >= 15 is 0 Å². The number of nitrogens with two attached hydrogens (primary N) is 1. The first-order chi connectivity index (χ1) is 10.6. The Balaban J connectivity index is 1.72. The molecule has 2 rings (SSSR count). The third-order valence-corrected chi connectivity index (χ3v) is 4.19.